The minimum Gasteiger partial charge on any atom is -0.497 e. The van der Waals surface area contributed by atoms with Gasteiger partial charge in [-0.05, 0) is 24.3 Å². The molecule has 0 unspecified atom stereocenters. The smallest absolute Gasteiger partial charge is 0.339 e. The molecule has 2 rings (SSSR count). The molecule has 2 aromatic rings. The number of aromatic carboxylic acids is 1. The molecule has 1 aromatic heterocycles. The predicted molar refractivity (Wildman–Crippen MR) is 69.3 cm³/mol. The maximum absolute atomic E-state index is 11.2. The highest BCUT2D eigenvalue weighted by Gasteiger charge is 2.14. The molecule has 0 aliphatic carbocycles. The van der Waals surface area contributed by atoms with Crippen molar-refractivity contribution in [3.8, 4) is 17.4 Å². The minimum atomic E-state index is -1.11. The summed E-state index contributed by atoms with van der Waals surface area (Å²) in [5, 5.41) is 9.60. The highest BCUT2D eigenvalue weighted by Crippen LogP contribution is 2.28. The molecule has 0 spiro atoms. The Morgan fingerprint density at radius 2 is 2.11 bits per heavy atom. The van der Waals surface area contributed by atoms with Crippen LogP contribution in [-0.4, -0.2) is 23.2 Å². The molecule has 1 aromatic carbocycles. The van der Waals surface area contributed by atoms with E-state index in [-0.39, 0.29) is 17.2 Å². The van der Waals surface area contributed by atoms with E-state index in [1.165, 1.54) is 25.4 Å². The summed E-state index contributed by atoms with van der Waals surface area (Å²) in [4.78, 5) is 15.1. The molecule has 6 heteroatoms. The van der Waals surface area contributed by atoms with E-state index in [4.69, 9.17) is 26.2 Å². The van der Waals surface area contributed by atoms with Gasteiger partial charge in [0.15, 0.2) is 0 Å². The number of carboxylic acids is 1. The van der Waals surface area contributed by atoms with Gasteiger partial charge in [-0.2, -0.15) is 0 Å². The summed E-state index contributed by atoms with van der Waals surface area (Å²) in [6.45, 7) is 0. The molecule has 0 fully saturated rings. The number of carboxylic acid groups (broad SMARTS) is 1. The second-order valence-corrected chi connectivity index (χ2v) is 4.02. The molecule has 0 bridgehead atoms. The fraction of sp³-hybridized carbons (Fsp3) is 0.0769. The number of rotatable bonds is 4. The van der Waals surface area contributed by atoms with Gasteiger partial charge in [0.25, 0.3) is 0 Å². The first-order valence-corrected chi connectivity index (χ1v) is 5.68. The molecule has 5 nitrogen and oxygen atoms in total. The molecule has 0 atom stereocenters. The molecule has 0 aliphatic heterocycles. The topological polar surface area (TPSA) is 68.7 Å². The van der Waals surface area contributed by atoms with Gasteiger partial charge < -0.3 is 14.6 Å². The van der Waals surface area contributed by atoms with Gasteiger partial charge in [-0.1, -0.05) is 11.6 Å². The van der Waals surface area contributed by atoms with Gasteiger partial charge >= 0.3 is 5.97 Å². The average molecular weight is 280 g/mol. The summed E-state index contributed by atoms with van der Waals surface area (Å²) in [6.07, 6.45) is 1.42. The van der Waals surface area contributed by atoms with Crippen LogP contribution in [-0.2, 0) is 0 Å². The van der Waals surface area contributed by atoms with E-state index < -0.39 is 5.97 Å². The maximum Gasteiger partial charge on any atom is 0.339 e. The van der Waals surface area contributed by atoms with E-state index in [1.54, 1.807) is 18.2 Å². The van der Waals surface area contributed by atoms with E-state index >= 15 is 0 Å². The van der Waals surface area contributed by atoms with Gasteiger partial charge in [0.05, 0.1) is 12.1 Å². The second kappa shape index (κ2) is 5.58. The van der Waals surface area contributed by atoms with Gasteiger partial charge in [0.2, 0.25) is 5.88 Å². The zero-order valence-electron chi connectivity index (χ0n) is 9.96. The lowest BCUT2D eigenvalue weighted by molar-refractivity contribution is 0.0693. The van der Waals surface area contributed by atoms with Crippen LogP contribution in [0.3, 0.4) is 0 Å². The first-order chi connectivity index (χ1) is 9.10. The van der Waals surface area contributed by atoms with E-state index in [2.05, 4.69) is 4.98 Å². The van der Waals surface area contributed by atoms with Crippen molar-refractivity contribution < 1.29 is 19.4 Å². The molecule has 98 valence electrons. The Kier molecular flexibility index (Phi) is 3.87. The Bertz CT molecular complexity index is 598. The average Bonchev–Trinajstić information content (AvgIpc) is 2.41. The molecule has 0 aliphatic rings. The highest BCUT2D eigenvalue weighted by molar-refractivity contribution is 6.30. The predicted octanol–water partition coefficient (Wildman–Crippen LogP) is 3.23. The normalized spacial score (nSPS) is 10.0. The Morgan fingerprint density at radius 3 is 2.68 bits per heavy atom. The van der Waals surface area contributed by atoms with Crippen molar-refractivity contribution in [1.82, 2.24) is 4.98 Å². The van der Waals surface area contributed by atoms with Crippen molar-refractivity contribution in [3.05, 3.63) is 47.1 Å². The summed E-state index contributed by atoms with van der Waals surface area (Å²) < 4.78 is 10.4. The largest absolute Gasteiger partial charge is 0.497 e. The standard InChI is InChI=1S/C13H10ClNO4/c1-18-9-3-4-11(10(6-9)13(16)17)19-12-5-2-8(14)7-15-12/h2-7H,1H3,(H,16,17). The highest BCUT2D eigenvalue weighted by atomic mass is 35.5. The number of halogens is 1. The molecule has 0 amide bonds. The third-order valence-corrected chi connectivity index (χ3v) is 2.56. The molecule has 19 heavy (non-hydrogen) atoms. The van der Waals surface area contributed by atoms with Gasteiger partial charge in [-0.15, -0.1) is 0 Å². The number of carbonyl (C=O) groups is 1. The van der Waals surface area contributed by atoms with Crippen molar-refractivity contribution in [2.24, 2.45) is 0 Å². The molecule has 0 saturated carbocycles. The zero-order chi connectivity index (χ0) is 13.8. The second-order valence-electron chi connectivity index (χ2n) is 3.58. The molecule has 0 saturated heterocycles. The Hall–Kier alpha value is -2.27. The number of hydrogen-bond donors (Lipinski definition) is 1. The third-order valence-electron chi connectivity index (χ3n) is 2.33. The third kappa shape index (κ3) is 3.14. The zero-order valence-corrected chi connectivity index (χ0v) is 10.7. The van der Waals surface area contributed by atoms with E-state index in [9.17, 15) is 4.79 Å². The summed E-state index contributed by atoms with van der Waals surface area (Å²) in [5.41, 5.74) is -0.00361. The van der Waals surface area contributed by atoms with Crippen LogP contribution in [0.1, 0.15) is 10.4 Å². The summed E-state index contributed by atoms with van der Waals surface area (Å²) in [7, 11) is 1.46. The van der Waals surface area contributed by atoms with Gasteiger partial charge in [-0.25, -0.2) is 9.78 Å². The number of benzene rings is 1. The van der Waals surface area contributed by atoms with Gasteiger partial charge in [0, 0.05) is 12.3 Å². The van der Waals surface area contributed by atoms with Crippen molar-refractivity contribution >= 4 is 17.6 Å². The molecule has 0 radical (unpaired) electrons. The lowest BCUT2D eigenvalue weighted by Crippen LogP contribution is -2.01. The summed E-state index contributed by atoms with van der Waals surface area (Å²) >= 11 is 5.71. The number of hydrogen-bond acceptors (Lipinski definition) is 4. The van der Waals surface area contributed by atoms with Crippen LogP contribution in [0.4, 0.5) is 0 Å². The van der Waals surface area contributed by atoms with Crippen molar-refractivity contribution in [1.29, 1.82) is 0 Å². The Labute approximate surface area is 114 Å². The number of pyridine rings is 1. The first kappa shape index (κ1) is 13.2. The van der Waals surface area contributed by atoms with Crippen LogP contribution in [0.25, 0.3) is 0 Å². The molecular weight excluding hydrogens is 270 g/mol. The van der Waals surface area contributed by atoms with Gasteiger partial charge in [0.1, 0.15) is 17.1 Å². The van der Waals surface area contributed by atoms with Crippen LogP contribution in [0, 0.1) is 0 Å². The van der Waals surface area contributed by atoms with Crippen molar-refractivity contribution in [2.75, 3.05) is 7.11 Å². The maximum atomic E-state index is 11.2. The Morgan fingerprint density at radius 1 is 1.32 bits per heavy atom. The lowest BCUT2D eigenvalue weighted by atomic mass is 10.2. The fourth-order valence-corrected chi connectivity index (χ4v) is 1.54. The first-order valence-electron chi connectivity index (χ1n) is 5.31. The van der Waals surface area contributed by atoms with Crippen LogP contribution >= 0.6 is 11.6 Å². The van der Waals surface area contributed by atoms with E-state index in [1.807, 2.05) is 0 Å². The van der Waals surface area contributed by atoms with Crippen LogP contribution < -0.4 is 9.47 Å². The quantitative estimate of drug-likeness (QED) is 0.930. The minimum absolute atomic E-state index is 0.00361. The summed E-state index contributed by atoms with van der Waals surface area (Å²) in [5.74, 6) is -0.225. The summed E-state index contributed by atoms with van der Waals surface area (Å²) in [6, 6.07) is 7.66. The number of aromatic nitrogens is 1. The van der Waals surface area contributed by atoms with E-state index in [0.717, 1.165) is 0 Å². The number of methoxy groups -OCH3 is 1. The lowest BCUT2D eigenvalue weighted by Gasteiger charge is -2.09. The Balaban J connectivity index is 2.33. The van der Waals surface area contributed by atoms with Crippen LogP contribution in [0.15, 0.2) is 36.5 Å². The van der Waals surface area contributed by atoms with Crippen LogP contribution in [0.5, 0.6) is 17.4 Å². The SMILES string of the molecule is COc1ccc(Oc2ccc(Cl)cn2)c(C(=O)O)c1. The van der Waals surface area contributed by atoms with Crippen molar-refractivity contribution in [2.45, 2.75) is 0 Å². The monoisotopic (exact) mass is 279 g/mol. The molecular formula is C13H10ClNO4. The fourth-order valence-electron chi connectivity index (χ4n) is 1.43. The van der Waals surface area contributed by atoms with Crippen molar-refractivity contribution in [3.63, 3.8) is 0 Å². The molecule has 1 N–H and O–H groups in total. The van der Waals surface area contributed by atoms with Gasteiger partial charge in [-0.3, -0.25) is 0 Å². The van der Waals surface area contributed by atoms with Crippen LogP contribution in [0.2, 0.25) is 5.02 Å². The van der Waals surface area contributed by atoms with E-state index in [0.29, 0.717) is 10.8 Å². The molecule has 1 heterocycles. The number of nitrogens with zero attached hydrogens (tertiary/aromatic N) is 1. The number of ether oxygens (including phenoxy) is 2.